The van der Waals surface area contributed by atoms with Gasteiger partial charge in [0.15, 0.2) is 5.82 Å². The third-order valence-electron chi connectivity index (χ3n) is 1.27. The number of hydrogen-bond acceptors (Lipinski definition) is 2. The van der Waals surface area contributed by atoms with E-state index >= 15 is 0 Å². The van der Waals surface area contributed by atoms with E-state index in [9.17, 15) is 0 Å². The van der Waals surface area contributed by atoms with Crippen molar-refractivity contribution in [3.05, 3.63) is 30.4 Å². The zero-order valence-electron chi connectivity index (χ0n) is 5.83. The fourth-order valence-electron chi connectivity index (χ4n) is 0.760. The lowest BCUT2D eigenvalue weighted by atomic mass is 10.4. The van der Waals surface area contributed by atoms with Crippen molar-refractivity contribution in [2.45, 2.75) is 6.92 Å². The predicted molar refractivity (Wildman–Crippen MR) is 40.3 cm³/mol. The molecule has 0 bridgehead atoms. The molecule has 0 saturated heterocycles. The van der Waals surface area contributed by atoms with Crippen molar-refractivity contribution in [3.63, 3.8) is 0 Å². The third-order valence-corrected chi connectivity index (χ3v) is 1.27. The van der Waals surface area contributed by atoms with Crippen molar-refractivity contribution < 1.29 is 0 Å². The number of rotatable bonds is 1. The minimum atomic E-state index is 0.574. The Hall–Kier alpha value is -1.27. The molecule has 1 aliphatic heterocycles. The first-order valence-electron chi connectivity index (χ1n) is 3.15. The average Bonchev–Trinajstić information content (AvgIpc) is 2.04. The van der Waals surface area contributed by atoms with E-state index in [1.165, 1.54) is 0 Å². The van der Waals surface area contributed by atoms with Crippen LogP contribution in [0.1, 0.15) is 6.92 Å². The van der Waals surface area contributed by atoms with Crippen LogP contribution in [0.3, 0.4) is 0 Å². The SMILES string of the molecule is [C]=C=C1N=CC=CN1CC. The van der Waals surface area contributed by atoms with Gasteiger partial charge in [-0.1, -0.05) is 5.73 Å². The number of nitrogens with zero attached hydrogens (tertiary/aromatic N) is 2. The monoisotopic (exact) mass is 132 g/mol. The maximum atomic E-state index is 6.85. The first-order chi connectivity index (χ1) is 4.88. The van der Waals surface area contributed by atoms with Crippen LogP contribution >= 0.6 is 0 Å². The van der Waals surface area contributed by atoms with Crippen molar-refractivity contribution in [1.29, 1.82) is 0 Å². The molecule has 50 valence electrons. The van der Waals surface area contributed by atoms with Crippen LogP contribution in [0.2, 0.25) is 0 Å². The molecule has 0 fully saturated rings. The van der Waals surface area contributed by atoms with Crippen LogP contribution in [0.25, 0.3) is 0 Å². The number of aliphatic imine (C=N–C) groups is 1. The lowest BCUT2D eigenvalue weighted by Gasteiger charge is -2.17. The van der Waals surface area contributed by atoms with Gasteiger partial charge in [0.2, 0.25) is 0 Å². The van der Waals surface area contributed by atoms with Crippen LogP contribution in [0.15, 0.2) is 28.8 Å². The topological polar surface area (TPSA) is 15.6 Å². The lowest BCUT2D eigenvalue weighted by Crippen LogP contribution is -2.16. The standard InChI is InChI=1S/C8H8N2/c1-3-8-9-6-5-7-10(8)4-2/h5-7H,4H2,2H3. The Morgan fingerprint density at radius 2 is 2.60 bits per heavy atom. The molecule has 0 atom stereocenters. The summed E-state index contributed by atoms with van der Waals surface area (Å²) in [6.45, 7) is 9.69. The highest BCUT2D eigenvalue weighted by Gasteiger charge is 2.02. The Balaban J connectivity index is 2.84. The normalized spacial score (nSPS) is 15.7. The van der Waals surface area contributed by atoms with Gasteiger partial charge in [0.1, 0.15) is 0 Å². The Morgan fingerprint density at radius 3 is 3.10 bits per heavy atom. The fourth-order valence-corrected chi connectivity index (χ4v) is 0.760. The van der Waals surface area contributed by atoms with Crippen molar-refractivity contribution in [1.82, 2.24) is 4.90 Å². The summed E-state index contributed by atoms with van der Waals surface area (Å²) in [6.07, 6.45) is 5.37. The van der Waals surface area contributed by atoms with E-state index in [0.717, 1.165) is 6.54 Å². The Kier molecular flexibility index (Phi) is 2.08. The molecule has 0 N–H and O–H groups in total. The Bertz CT molecular complexity index is 219. The molecular weight excluding hydrogens is 124 g/mol. The van der Waals surface area contributed by atoms with E-state index in [1.807, 2.05) is 24.1 Å². The minimum Gasteiger partial charge on any atom is -0.327 e. The predicted octanol–water partition coefficient (Wildman–Crippen LogP) is 1.21. The van der Waals surface area contributed by atoms with Crippen molar-refractivity contribution in [3.8, 4) is 0 Å². The van der Waals surface area contributed by atoms with E-state index in [0.29, 0.717) is 5.82 Å². The van der Waals surface area contributed by atoms with Gasteiger partial charge in [-0.2, -0.15) is 0 Å². The van der Waals surface area contributed by atoms with E-state index in [2.05, 4.69) is 10.7 Å². The molecule has 0 unspecified atom stereocenters. The maximum absolute atomic E-state index is 6.85. The van der Waals surface area contributed by atoms with E-state index in [1.54, 1.807) is 6.21 Å². The number of allylic oxidation sites excluding steroid dienone is 1. The van der Waals surface area contributed by atoms with Crippen molar-refractivity contribution in [2.24, 2.45) is 4.99 Å². The summed E-state index contributed by atoms with van der Waals surface area (Å²) >= 11 is 0. The maximum Gasteiger partial charge on any atom is 0.177 e. The Morgan fingerprint density at radius 1 is 1.80 bits per heavy atom. The van der Waals surface area contributed by atoms with Gasteiger partial charge in [-0.05, 0) is 13.0 Å². The molecule has 1 aliphatic rings. The molecule has 0 aliphatic carbocycles. The zero-order valence-corrected chi connectivity index (χ0v) is 5.83. The summed E-state index contributed by atoms with van der Waals surface area (Å²) in [5, 5.41) is 0. The quantitative estimate of drug-likeness (QED) is 0.490. The molecular formula is C8H8N2. The summed E-state index contributed by atoms with van der Waals surface area (Å²) in [4.78, 5) is 5.79. The molecule has 0 aromatic rings. The summed E-state index contributed by atoms with van der Waals surface area (Å²) < 4.78 is 0. The molecule has 10 heavy (non-hydrogen) atoms. The summed E-state index contributed by atoms with van der Waals surface area (Å²) in [5.41, 5.74) is 2.25. The van der Waals surface area contributed by atoms with Crippen LogP contribution in [-0.4, -0.2) is 17.7 Å². The van der Waals surface area contributed by atoms with Crippen LogP contribution in [-0.2, 0) is 0 Å². The minimum absolute atomic E-state index is 0.574. The molecule has 1 heterocycles. The van der Waals surface area contributed by atoms with Gasteiger partial charge in [0.25, 0.3) is 0 Å². The van der Waals surface area contributed by atoms with Crippen LogP contribution < -0.4 is 0 Å². The molecule has 1 rings (SSSR count). The van der Waals surface area contributed by atoms with Gasteiger partial charge >= 0.3 is 0 Å². The molecule has 0 aromatic heterocycles. The smallest absolute Gasteiger partial charge is 0.177 e. The van der Waals surface area contributed by atoms with E-state index in [4.69, 9.17) is 6.58 Å². The van der Waals surface area contributed by atoms with Crippen LogP contribution in [0.4, 0.5) is 0 Å². The van der Waals surface area contributed by atoms with Gasteiger partial charge in [0, 0.05) is 19.0 Å². The highest BCUT2D eigenvalue weighted by molar-refractivity contribution is 5.73. The fraction of sp³-hybridized carbons (Fsp3) is 0.250. The summed E-state index contributed by atoms with van der Waals surface area (Å²) in [5.74, 6) is 0.574. The molecule has 2 heteroatoms. The number of hydrogen-bond donors (Lipinski definition) is 0. The Labute approximate surface area is 60.9 Å². The second-order valence-corrected chi connectivity index (χ2v) is 1.85. The van der Waals surface area contributed by atoms with Gasteiger partial charge in [-0.25, -0.2) is 4.99 Å². The van der Waals surface area contributed by atoms with E-state index in [-0.39, 0.29) is 0 Å². The van der Waals surface area contributed by atoms with Crippen LogP contribution in [0, 0.1) is 6.58 Å². The molecule has 0 aromatic carbocycles. The van der Waals surface area contributed by atoms with Gasteiger partial charge in [-0.3, -0.25) is 0 Å². The second-order valence-electron chi connectivity index (χ2n) is 1.85. The first-order valence-corrected chi connectivity index (χ1v) is 3.15. The highest BCUT2D eigenvalue weighted by Crippen LogP contribution is 2.06. The zero-order chi connectivity index (χ0) is 7.40. The highest BCUT2D eigenvalue weighted by atomic mass is 15.2. The van der Waals surface area contributed by atoms with Gasteiger partial charge < -0.3 is 4.90 Å². The average molecular weight is 132 g/mol. The van der Waals surface area contributed by atoms with Gasteiger partial charge in [0.05, 0.1) is 6.58 Å². The third kappa shape index (κ3) is 1.17. The summed E-state index contributed by atoms with van der Waals surface area (Å²) in [7, 11) is 0. The molecule has 0 spiro atoms. The summed E-state index contributed by atoms with van der Waals surface area (Å²) in [6, 6.07) is 0. The van der Waals surface area contributed by atoms with Crippen molar-refractivity contribution >= 4 is 6.21 Å². The molecule has 2 nitrogen and oxygen atoms in total. The van der Waals surface area contributed by atoms with Crippen molar-refractivity contribution in [2.75, 3.05) is 6.54 Å². The molecule has 2 radical (unpaired) electrons. The van der Waals surface area contributed by atoms with E-state index < -0.39 is 0 Å². The second kappa shape index (κ2) is 3.04. The van der Waals surface area contributed by atoms with Crippen LogP contribution in [0.5, 0.6) is 0 Å². The molecule has 0 saturated carbocycles. The molecule has 0 amide bonds. The van der Waals surface area contributed by atoms with Gasteiger partial charge in [-0.15, -0.1) is 0 Å². The first kappa shape index (κ1) is 6.84. The lowest BCUT2D eigenvalue weighted by molar-refractivity contribution is 0.485. The largest absolute Gasteiger partial charge is 0.327 e.